The van der Waals surface area contributed by atoms with Crippen molar-refractivity contribution >= 4 is 49.9 Å². The highest BCUT2D eigenvalue weighted by atomic mass is 79.9. The second-order valence-corrected chi connectivity index (χ2v) is 10.1. The van der Waals surface area contributed by atoms with Gasteiger partial charge in [0, 0.05) is 21.9 Å². The van der Waals surface area contributed by atoms with Crippen molar-refractivity contribution < 1.29 is 14.7 Å². The first-order valence-electron chi connectivity index (χ1n) is 10.2. The van der Waals surface area contributed by atoms with E-state index in [0.29, 0.717) is 10.0 Å². The Bertz CT molecular complexity index is 1240. The molecule has 0 aromatic heterocycles. The maximum Gasteiger partial charge on any atom is 0.254 e. The monoisotopic (exact) mass is 550 g/mol. The summed E-state index contributed by atoms with van der Waals surface area (Å²) in [6.45, 7) is 0. The average Bonchev–Trinajstić information content (AvgIpc) is 3.05. The quantitative estimate of drug-likeness (QED) is 0.354. The Morgan fingerprint density at radius 3 is 1.75 bits per heavy atom. The lowest BCUT2D eigenvalue weighted by atomic mass is 9.55. The van der Waals surface area contributed by atoms with Crippen LogP contribution in [0.4, 0.5) is 0 Å². The summed E-state index contributed by atoms with van der Waals surface area (Å²) in [5.41, 5.74) is 4.89. The lowest BCUT2D eigenvalue weighted by Crippen LogP contribution is -2.41. The first-order chi connectivity index (χ1) is 15.5. The van der Waals surface area contributed by atoms with Gasteiger partial charge >= 0.3 is 0 Å². The van der Waals surface area contributed by atoms with E-state index in [1.54, 1.807) is 12.1 Å². The highest BCUT2D eigenvalue weighted by Gasteiger charge is 2.61. The zero-order valence-corrected chi connectivity index (χ0v) is 19.7. The van der Waals surface area contributed by atoms with Gasteiger partial charge in [-0.05, 0) is 50.3 Å². The number of phenols is 1. The van der Waals surface area contributed by atoms with E-state index in [-0.39, 0.29) is 29.4 Å². The summed E-state index contributed by atoms with van der Waals surface area (Å²) >= 11 is 6.67. The predicted octanol–water partition coefficient (Wildman–Crippen LogP) is 5.14. The molecule has 0 saturated carbocycles. The van der Waals surface area contributed by atoms with Crippen molar-refractivity contribution in [3.05, 3.63) is 97.4 Å². The molecule has 0 radical (unpaired) electrons. The fourth-order valence-corrected chi connectivity index (χ4v) is 6.84. The van der Waals surface area contributed by atoms with Crippen LogP contribution in [0, 0.1) is 11.8 Å². The third-order valence-electron chi connectivity index (χ3n) is 6.80. The van der Waals surface area contributed by atoms with Crippen LogP contribution in [0.3, 0.4) is 0 Å². The molecule has 2 bridgehead atoms. The van der Waals surface area contributed by atoms with E-state index in [0.717, 1.165) is 31.7 Å². The van der Waals surface area contributed by atoms with E-state index < -0.39 is 11.8 Å². The number of amides is 2. The Hall–Kier alpha value is -2.77. The molecule has 1 aliphatic heterocycles. The maximum absolute atomic E-state index is 13.5. The average molecular weight is 552 g/mol. The number of aromatic hydroxyl groups is 1. The summed E-state index contributed by atoms with van der Waals surface area (Å²) in [4.78, 5) is 27.0. The summed E-state index contributed by atoms with van der Waals surface area (Å²) in [7, 11) is 0. The number of carbonyl (C=O) groups excluding carboxylic acids is 2. The lowest BCUT2D eigenvalue weighted by molar-refractivity contribution is -0.139. The zero-order chi connectivity index (χ0) is 22.1. The number of rotatable bonds is 2. The van der Waals surface area contributed by atoms with Gasteiger partial charge in [0.15, 0.2) is 0 Å². The summed E-state index contributed by atoms with van der Waals surface area (Å²) in [6, 6.07) is 19.6. The van der Waals surface area contributed by atoms with Crippen molar-refractivity contribution in [2.24, 2.45) is 16.9 Å². The SMILES string of the molecule is O=C1[C@@H]2C3c4ccccc4C(c4ccccc43)[C@H]2C(=O)N1/N=C\c1cc(Br)cc(Br)c1O. The molecule has 4 aliphatic rings. The minimum absolute atomic E-state index is 0.00617. The first-order valence-corrected chi connectivity index (χ1v) is 11.8. The summed E-state index contributed by atoms with van der Waals surface area (Å²) in [6.07, 6.45) is 1.36. The van der Waals surface area contributed by atoms with Crippen LogP contribution in [0.1, 0.15) is 39.7 Å². The van der Waals surface area contributed by atoms with Crippen LogP contribution in [-0.4, -0.2) is 28.1 Å². The smallest absolute Gasteiger partial charge is 0.254 e. The summed E-state index contributed by atoms with van der Waals surface area (Å²) in [5.74, 6) is -1.86. The van der Waals surface area contributed by atoms with E-state index in [1.807, 2.05) is 24.3 Å². The van der Waals surface area contributed by atoms with Crippen LogP contribution in [0.5, 0.6) is 5.75 Å². The predicted molar refractivity (Wildman–Crippen MR) is 127 cm³/mol. The summed E-state index contributed by atoms with van der Waals surface area (Å²) < 4.78 is 1.23. The number of halogens is 2. The Labute approximate surface area is 201 Å². The van der Waals surface area contributed by atoms with Crippen molar-refractivity contribution in [3.8, 4) is 5.75 Å². The number of hydrogen-bond acceptors (Lipinski definition) is 4. The Kier molecular flexibility index (Phi) is 4.42. The van der Waals surface area contributed by atoms with Crippen molar-refractivity contribution in [2.75, 3.05) is 0 Å². The van der Waals surface area contributed by atoms with Crippen LogP contribution in [0.2, 0.25) is 0 Å². The van der Waals surface area contributed by atoms with Gasteiger partial charge in [-0.1, -0.05) is 64.5 Å². The molecule has 5 nitrogen and oxygen atoms in total. The number of phenolic OH excluding ortho intramolecular Hbond substituents is 1. The van der Waals surface area contributed by atoms with Crippen molar-refractivity contribution in [3.63, 3.8) is 0 Å². The number of carbonyl (C=O) groups is 2. The molecule has 3 aromatic carbocycles. The topological polar surface area (TPSA) is 70.0 Å². The second-order valence-electron chi connectivity index (χ2n) is 8.32. The molecule has 2 amide bonds. The molecule has 1 N–H and O–H groups in total. The molecule has 7 rings (SSSR count). The van der Waals surface area contributed by atoms with Crippen LogP contribution < -0.4 is 0 Å². The van der Waals surface area contributed by atoms with Crippen LogP contribution >= 0.6 is 31.9 Å². The summed E-state index contributed by atoms with van der Waals surface area (Å²) in [5, 5.41) is 15.6. The highest BCUT2D eigenvalue weighted by Crippen LogP contribution is 2.60. The normalized spacial score (nSPS) is 25.2. The molecule has 3 aromatic rings. The molecule has 0 unspecified atom stereocenters. The van der Waals surface area contributed by atoms with Gasteiger partial charge < -0.3 is 5.11 Å². The van der Waals surface area contributed by atoms with Gasteiger partial charge in [-0.15, -0.1) is 0 Å². The van der Waals surface area contributed by atoms with Gasteiger partial charge in [0.1, 0.15) is 5.75 Å². The third kappa shape index (κ3) is 2.64. The molecular weight excluding hydrogens is 536 g/mol. The standard InChI is InChI=1S/C25H16Br2N2O3/c26-13-9-12(23(30)18(27)10-13)11-28-29-24(31)21-19-14-5-1-2-6-15(14)20(22(21)25(29)32)17-8-4-3-7-16(17)19/h1-11,19-22,30H/b28-11-/t19?,20?,21-,22-/m1/s1. The molecule has 7 heteroatoms. The molecule has 0 spiro atoms. The van der Waals surface area contributed by atoms with Gasteiger partial charge in [0.05, 0.1) is 22.5 Å². The van der Waals surface area contributed by atoms with Gasteiger partial charge in [0.25, 0.3) is 11.8 Å². The Balaban J connectivity index is 1.45. The van der Waals surface area contributed by atoms with E-state index in [2.05, 4.69) is 61.2 Å². The first kappa shape index (κ1) is 19.9. The lowest BCUT2D eigenvalue weighted by Gasteiger charge is -2.45. The van der Waals surface area contributed by atoms with Crippen LogP contribution in [0.25, 0.3) is 0 Å². The number of hydrazone groups is 1. The molecular formula is C25H16Br2N2O3. The molecule has 32 heavy (non-hydrogen) atoms. The fourth-order valence-electron chi connectivity index (χ4n) is 5.58. The molecule has 1 heterocycles. The molecule has 1 saturated heterocycles. The Morgan fingerprint density at radius 1 is 0.812 bits per heavy atom. The number of imide groups is 1. The van der Waals surface area contributed by atoms with Gasteiger partial charge in [-0.25, -0.2) is 0 Å². The van der Waals surface area contributed by atoms with Gasteiger partial charge in [-0.2, -0.15) is 10.1 Å². The molecule has 158 valence electrons. The second kappa shape index (κ2) is 7.12. The molecule has 2 atom stereocenters. The van der Waals surface area contributed by atoms with E-state index >= 15 is 0 Å². The fraction of sp³-hybridized carbons (Fsp3) is 0.160. The zero-order valence-electron chi connectivity index (χ0n) is 16.6. The Morgan fingerprint density at radius 2 is 1.28 bits per heavy atom. The minimum Gasteiger partial charge on any atom is -0.506 e. The van der Waals surface area contributed by atoms with Crippen molar-refractivity contribution in [1.29, 1.82) is 0 Å². The van der Waals surface area contributed by atoms with Gasteiger partial charge in [-0.3, -0.25) is 9.59 Å². The van der Waals surface area contributed by atoms with Crippen LogP contribution in [-0.2, 0) is 9.59 Å². The van der Waals surface area contributed by atoms with E-state index in [1.165, 1.54) is 6.21 Å². The largest absolute Gasteiger partial charge is 0.506 e. The van der Waals surface area contributed by atoms with Crippen LogP contribution in [0.15, 0.2) is 74.7 Å². The maximum atomic E-state index is 13.5. The van der Waals surface area contributed by atoms with E-state index in [9.17, 15) is 14.7 Å². The van der Waals surface area contributed by atoms with E-state index in [4.69, 9.17) is 0 Å². The number of benzene rings is 3. The molecule has 3 aliphatic carbocycles. The highest BCUT2D eigenvalue weighted by molar-refractivity contribution is 9.11. The number of hydrogen-bond donors (Lipinski definition) is 1. The minimum atomic E-state index is -0.475. The van der Waals surface area contributed by atoms with Gasteiger partial charge in [0.2, 0.25) is 0 Å². The third-order valence-corrected chi connectivity index (χ3v) is 7.86. The van der Waals surface area contributed by atoms with Crippen molar-refractivity contribution in [1.82, 2.24) is 5.01 Å². The van der Waals surface area contributed by atoms with Crippen molar-refractivity contribution in [2.45, 2.75) is 11.8 Å². The number of nitrogens with zero attached hydrogens (tertiary/aromatic N) is 2. The molecule has 1 fully saturated rings.